The van der Waals surface area contributed by atoms with Crippen LogP contribution in [0.4, 0.5) is 70.2 Å². The van der Waals surface area contributed by atoms with Crippen molar-refractivity contribution >= 4 is 0 Å². The lowest BCUT2D eigenvalue weighted by Gasteiger charge is -2.42. The van der Waals surface area contributed by atoms with Gasteiger partial charge in [0.15, 0.2) is 5.60 Å². The molecule has 210 valence electrons. The van der Waals surface area contributed by atoms with E-state index in [1.165, 1.54) is 0 Å². The van der Waals surface area contributed by atoms with E-state index in [0.29, 0.717) is 12.5 Å². The molecule has 1 nitrogen and oxygen atoms in total. The number of hydrogen-bond donors (Lipinski definition) is 1. The number of benzene rings is 1. The average Bonchev–Trinajstić information content (AvgIpc) is 2.69. The van der Waals surface area contributed by atoms with Gasteiger partial charge in [0.25, 0.3) is 0 Å². The van der Waals surface area contributed by atoms with Gasteiger partial charge in [-0.3, -0.25) is 0 Å². The molecule has 0 amide bonds. The van der Waals surface area contributed by atoms with Crippen molar-refractivity contribution in [2.75, 3.05) is 0 Å². The zero-order valence-electron chi connectivity index (χ0n) is 17.6. The Morgan fingerprint density at radius 2 is 1.11 bits per heavy atom. The maximum atomic E-state index is 14.2. The second-order valence-electron chi connectivity index (χ2n) is 7.84. The maximum absolute atomic E-state index is 14.2. The Bertz CT molecular complexity index is 901. The first-order valence-corrected chi connectivity index (χ1v) is 9.59. The van der Waals surface area contributed by atoms with Crippen LogP contribution in [0.5, 0.6) is 0 Å². The van der Waals surface area contributed by atoms with E-state index in [1.807, 2.05) is 0 Å². The molecule has 0 aliphatic rings. The van der Waals surface area contributed by atoms with Gasteiger partial charge < -0.3 is 5.11 Å². The van der Waals surface area contributed by atoms with Crippen LogP contribution in [0.2, 0.25) is 0 Å². The highest BCUT2D eigenvalue weighted by atomic mass is 19.4. The Morgan fingerprint density at radius 1 is 0.639 bits per heavy atom. The van der Waals surface area contributed by atoms with Crippen molar-refractivity contribution in [1.29, 1.82) is 0 Å². The zero-order valence-corrected chi connectivity index (χ0v) is 17.6. The molecule has 36 heavy (non-hydrogen) atoms. The summed E-state index contributed by atoms with van der Waals surface area (Å²) in [7, 11) is 0. The fourth-order valence-corrected chi connectivity index (χ4v) is 2.97. The van der Waals surface area contributed by atoms with E-state index < -0.39 is 59.6 Å². The highest BCUT2D eigenvalue weighted by Crippen LogP contribution is 2.62. The van der Waals surface area contributed by atoms with Gasteiger partial charge in [0.05, 0.1) is 6.42 Å². The van der Waals surface area contributed by atoms with Crippen LogP contribution in [0.15, 0.2) is 24.3 Å². The predicted molar refractivity (Wildman–Crippen MR) is 90.4 cm³/mol. The summed E-state index contributed by atoms with van der Waals surface area (Å²) in [5, 5.41) is 9.93. The van der Waals surface area contributed by atoms with Gasteiger partial charge in [-0.1, -0.05) is 37.6 Å². The van der Waals surface area contributed by atoms with Crippen LogP contribution in [-0.4, -0.2) is 47.1 Å². The topological polar surface area (TPSA) is 20.2 Å². The molecule has 0 fully saturated rings. The van der Waals surface area contributed by atoms with Gasteiger partial charge in [-0.2, -0.15) is 70.2 Å². The summed E-state index contributed by atoms with van der Waals surface area (Å²) in [5.41, 5.74) is -6.87. The largest absolute Gasteiger partial charge is 0.460 e. The van der Waals surface area contributed by atoms with Gasteiger partial charge in [0.1, 0.15) is 0 Å². The molecule has 0 aliphatic carbocycles. The van der Waals surface area contributed by atoms with Crippen LogP contribution < -0.4 is 0 Å². The smallest absolute Gasteiger partial charge is 0.376 e. The van der Waals surface area contributed by atoms with Gasteiger partial charge in [0, 0.05) is 0 Å². The van der Waals surface area contributed by atoms with E-state index in [0.717, 1.165) is 12.1 Å². The summed E-state index contributed by atoms with van der Waals surface area (Å²) < 4.78 is 213. The molecule has 0 bridgehead atoms. The summed E-state index contributed by atoms with van der Waals surface area (Å²) in [4.78, 5) is 0. The van der Waals surface area contributed by atoms with Crippen LogP contribution in [-0.2, 0) is 12.0 Å². The second kappa shape index (κ2) is 9.42. The van der Waals surface area contributed by atoms with Gasteiger partial charge in [-0.25, -0.2) is 0 Å². The number of aryl methyl sites for hydroxylation is 1. The molecule has 1 unspecified atom stereocenters. The van der Waals surface area contributed by atoms with Crippen molar-refractivity contribution in [2.45, 2.75) is 80.2 Å². The molecular formula is C19H16F16O. The lowest BCUT2D eigenvalue weighted by atomic mass is 9.82. The number of rotatable bonds is 10. The van der Waals surface area contributed by atoms with Crippen LogP contribution in [0.25, 0.3) is 0 Å². The molecule has 17 heteroatoms. The summed E-state index contributed by atoms with van der Waals surface area (Å²) in [6.45, 7) is 1.62. The molecule has 0 saturated carbocycles. The molecule has 1 N–H and O–H groups in total. The first kappa shape index (κ1) is 32.1. The Balaban J connectivity index is 3.66. The lowest BCUT2D eigenvalue weighted by molar-refractivity contribution is -0.443. The molecule has 0 heterocycles. The Labute approximate surface area is 192 Å². The lowest BCUT2D eigenvalue weighted by Crippen LogP contribution is -2.70. The molecule has 1 aromatic rings. The normalized spacial score (nSPS) is 16.7. The minimum Gasteiger partial charge on any atom is -0.376 e. The third kappa shape index (κ3) is 5.08. The molecule has 0 spiro atoms. The maximum Gasteiger partial charge on any atom is 0.460 e. The van der Waals surface area contributed by atoms with Gasteiger partial charge in [-0.05, 0) is 24.0 Å². The highest BCUT2D eigenvalue weighted by molar-refractivity contribution is 5.31. The van der Waals surface area contributed by atoms with Crippen molar-refractivity contribution < 1.29 is 75.4 Å². The molecule has 1 rings (SSSR count). The Hall–Kier alpha value is -1.94. The summed E-state index contributed by atoms with van der Waals surface area (Å²) in [6, 6.07) is 2.46. The molecule has 1 aromatic carbocycles. The predicted octanol–water partition coefficient (Wildman–Crippen LogP) is 7.91. The van der Waals surface area contributed by atoms with E-state index in [-0.39, 0.29) is 24.5 Å². The first-order valence-electron chi connectivity index (χ1n) is 9.59. The Morgan fingerprint density at radius 3 is 1.53 bits per heavy atom. The van der Waals surface area contributed by atoms with Crippen LogP contribution in [0, 0.1) is 0 Å². The van der Waals surface area contributed by atoms with Crippen molar-refractivity contribution in [1.82, 2.24) is 0 Å². The third-order valence-electron chi connectivity index (χ3n) is 5.17. The summed E-state index contributed by atoms with van der Waals surface area (Å²) >= 11 is 0. The molecule has 0 saturated heterocycles. The highest BCUT2D eigenvalue weighted by Gasteiger charge is 2.91. The molecule has 1 atom stereocenters. The number of halogens is 16. The zero-order chi connectivity index (χ0) is 28.8. The molecule has 0 aromatic heterocycles. The average molecular weight is 564 g/mol. The van der Waals surface area contributed by atoms with Crippen molar-refractivity contribution in [3.05, 3.63) is 35.4 Å². The third-order valence-corrected chi connectivity index (χ3v) is 5.17. The molecule has 0 radical (unpaired) electrons. The van der Waals surface area contributed by atoms with E-state index in [9.17, 15) is 75.4 Å². The van der Waals surface area contributed by atoms with Crippen LogP contribution >= 0.6 is 0 Å². The minimum absolute atomic E-state index is 0.0400. The standard InChI is InChI=1S/C19H16F16O/c1-2-3-5-10-6-4-7-11(8-10)12(36,18(30,31)32)9-13(20,21)14(22,23)15(24,25)16(26,27)17(28,29)19(33,34)35/h4,6-8,36H,2-3,5,9H2,1H3. The molecular weight excluding hydrogens is 548 g/mol. The van der Waals surface area contributed by atoms with E-state index in [4.69, 9.17) is 0 Å². The number of unbranched alkanes of at least 4 members (excludes halogenated alkanes) is 1. The van der Waals surface area contributed by atoms with E-state index in [1.54, 1.807) is 6.92 Å². The van der Waals surface area contributed by atoms with Crippen LogP contribution in [0.3, 0.4) is 0 Å². The fraction of sp³-hybridized carbons (Fsp3) is 0.684. The van der Waals surface area contributed by atoms with Crippen LogP contribution in [0.1, 0.15) is 37.3 Å². The van der Waals surface area contributed by atoms with Gasteiger partial charge in [-0.15, -0.1) is 0 Å². The van der Waals surface area contributed by atoms with Crippen molar-refractivity contribution in [2.24, 2.45) is 0 Å². The SMILES string of the molecule is CCCCc1cccc(C(O)(CC(F)(F)C(F)(F)C(F)(F)C(F)(F)C(F)(F)C(F)(F)F)C(F)(F)F)c1. The Kier molecular flexibility index (Phi) is 8.40. The number of aliphatic hydroxyl groups is 1. The first-order chi connectivity index (χ1) is 15.7. The fourth-order valence-electron chi connectivity index (χ4n) is 2.97. The minimum atomic E-state index is -8.27. The molecule has 0 aliphatic heterocycles. The summed E-state index contributed by atoms with van der Waals surface area (Å²) in [5.74, 6) is -39.6. The van der Waals surface area contributed by atoms with Gasteiger partial charge >= 0.3 is 42.0 Å². The number of hydrogen-bond acceptors (Lipinski definition) is 1. The summed E-state index contributed by atoms with van der Waals surface area (Å²) in [6.07, 6.45) is -17.2. The van der Waals surface area contributed by atoms with Crippen molar-refractivity contribution in [3.63, 3.8) is 0 Å². The van der Waals surface area contributed by atoms with E-state index in [2.05, 4.69) is 0 Å². The van der Waals surface area contributed by atoms with Gasteiger partial charge in [0.2, 0.25) is 0 Å². The second-order valence-corrected chi connectivity index (χ2v) is 7.84. The van der Waals surface area contributed by atoms with Crippen molar-refractivity contribution in [3.8, 4) is 0 Å². The monoisotopic (exact) mass is 564 g/mol. The quantitative estimate of drug-likeness (QED) is 0.287. The number of alkyl halides is 16. The van der Waals surface area contributed by atoms with E-state index >= 15 is 0 Å².